The third-order valence-corrected chi connectivity index (χ3v) is 4.05. The van der Waals surface area contributed by atoms with E-state index in [0.717, 1.165) is 34.9 Å². The van der Waals surface area contributed by atoms with E-state index >= 15 is 0 Å². The second-order valence-corrected chi connectivity index (χ2v) is 5.86. The molecule has 1 aromatic heterocycles. The topological polar surface area (TPSA) is 48.9 Å². The summed E-state index contributed by atoms with van der Waals surface area (Å²) in [5.41, 5.74) is 3.68. The standard InChI is InChI=1S/C19H22N2O/c1-2-6-15(8-5-7-14-11-12-14)17-13-18(21-20-17)16-9-3-4-10-19(16)22/h2-4,6,8-10,13-14,22H,5,7,11-12H2,1H3,(H,20,21)/b6-2-,15-8+. The number of phenolic OH excluding ortho intramolecular Hbond substituents is 1. The van der Waals surface area contributed by atoms with Crippen LogP contribution in [0.25, 0.3) is 16.8 Å². The minimum absolute atomic E-state index is 0.267. The first-order valence-electron chi connectivity index (χ1n) is 7.95. The van der Waals surface area contributed by atoms with Crippen molar-refractivity contribution < 1.29 is 5.11 Å². The van der Waals surface area contributed by atoms with Crippen LogP contribution in [0.2, 0.25) is 0 Å². The Morgan fingerprint density at radius 2 is 2.18 bits per heavy atom. The lowest BCUT2D eigenvalue weighted by Gasteiger charge is -2.00. The number of aromatic amines is 1. The summed E-state index contributed by atoms with van der Waals surface area (Å²) in [5, 5.41) is 17.4. The van der Waals surface area contributed by atoms with Gasteiger partial charge in [0.05, 0.1) is 11.4 Å². The van der Waals surface area contributed by atoms with Crippen molar-refractivity contribution in [2.75, 3.05) is 0 Å². The van der Waals surface area contributed by atoms with Gasteiger partial charge >= 0.3 is 0 Å². The highest BCUT2D eigenvalue weighted by molar-refractivity contribution is 5.76. The van der Waals surface area contributed by atoms with Gasteiger partial charge in [0.1, 0.15) is 5.75 Å². The zero-order valence-electron chi connectivity index (χ0n) is 12.9. The number of benzene rings is 1. The second kappa shape index (κ2) is 6.65. The molecule has 0 unspecified atom stereocenters. The number of aromatic nitrogens is 2. The largest absolute Gasteiger partial charge is 0.507 e. The van der Waals surface area contributed by atoms with Gasteiger partial charge in [0.25, 0.3) is 0 Å². The summed E-state index contributed by atoms with van der Waals surface area (Å²) < 4.78 is 0. The lowest BCUT2D eigenvalue weighted by atomic mass is 10.1. The number of H-pyrrole nitrogens is 1. The fourth-order valence-corrected chi connectivity index (χ4v) is 2.63. The Kier molecular flexibility index (Phi) is 4.42. The summed E-state index contributed by atoms with van der Waals surface area (Å²) in [4.78, 5) is 0. The first-order chi connectivity index (χ1) is 10.8. The summed E-state index contributed by atoms with van der Waals surface area (Å²) in [7, 11) is 0. The number of phenols is 1. The lowest BCUT2D eigenvalue weighted by Crippen LogP contribution is -1.83. The van der Waals surface area contributed by atoms with Gasteiger partial charge in [-0.1, -0.05) is 43.2 Å². The van der Waals surface area contributed by atoms with Gasteiger partial charge < -0.3 is 5.11 Å². The van der Waals surface area contributed by atoms with E-state index in [4.69, 9.17) is 0 Å². The molecule has 1 heterocycles. The molecule has 0 aliphatic heterocycles. The molecule has 22 heavy (non-hydrogen) atoms. The second-order valence-electron chi connectivity index (χ2n) is 5.86. The van der Waals surface area contributed by atoms with E-state index in [1.807, 2.05) is 37.3 Å². The minimum atomic E-state index is 0.267. The number of rotatable bonds is 6. The van der Waals surface area contributed by atoms with Crippen LogP contribution in [0.3, 0.4) is 0 Å². The molecule has 3 nitrogen and oxygen atoms in total. The van der Waals surface area contributed by atoms with Gasteiger partial charge in [0, 0.05) is 5.56 Å². The Morgan fingerprint density at radius 1 is 1.36 bits per heavy atom. The fraction of sp³-hybridized carbons (Fsp3) is 0.316. The summed E-state index contributed by atoms with van der Waals surface area (Å²) >= 11 is 0. The van der Waals surface area contributed by atoms with E-state index in [1.165, 1.54) is 19.3 Å². The summed E-state index contributed by atoms with van der Waals surface area (Å²) in [6.45, 7) is 2.02. The van der Waals surface area contributed by atoms with Crippen LogP contribution in [0, 0.1) is 5.92 Å². The average molecular weight is 294 g/mol. The highest BCUT2D eigenvalue weighted by atomic mass is 16.3. The molecule has 0 atom stereocenters. The van der Waals surface area contributed by atoms with Crippen LogP contribution in [0.15, 0.2) is 48.6 Å². The Morgan fingerprint density at radius 3 is 2.91 bits per heavy atom. The predicted molar refractivity (Wildman–Crippen MR) is 90.4 cm³/mol. The molecule has 0 radical (unpaired) electrons. The van der Waals surface area contributed by atoms with E-state index in [0.29, 0.717) is 0 Å². The van der Waals surface area contributed by atoms with Gasteiger partial charge in [0.2, 0.25) is 0 Å². The number of para-hydroxylation sites is 1. The number of nitrogens with one attached hydrogen (secondary N) is 1. The van der Waals surface area contributed by atoms with Crippen molar-refractivity contribution in [3.05, 3.63) is 54.3 Å². The highest BCUT2D eigenvalue weighted by Crippen LogP contribution is 2.34. The molecule has 1 aliphatic rings. The average Bonchev–Trinajstić information content (AvgIpc) is 3.22. The number of aromatic hydroxyl groups is 1. The van der Waals surface area contributed by atoms with Crippen LogP contribution in [0.5, 0.6) is 5.75 Å². The maximum absolute atomic E-state index is 9.95. The van der Waals surface area contributed by atoms with E-state index in [9.17, 15) is 5.11 Å². The van der Waals surface area contributed by atoms with Gasteiger partial charge in [-0.25, -0.2) is 0 Å². The normalized spacial score (nSPS) is 15.6. The van der Waals surface area contributed by atoms with Gasteiger partial charge in [-0.3, -0.25) is 5.10 Å². The number of hydrogen-bond donors (Lipinski definition) is 2. The molecule has 1 saturated carbocycles. The van der Waals surface area contributed by atoms with Crippen molar-refractivity contribution in [3.8, 4) is 17.0 Å². The van der Waals surface area contributed by atoms with Crippen molar-refractivity contribution in [2.24, 2.45) is 5.92 Å². The fourth-order valence-electron chi connectivity index (χ4n) is 2.63. The molecule has 2 aromatic rings. The van der Waals surface area contributed by atoms with Crippen molar-refractivity contribution in [2.45, 2.75) is 32.6 Å². The van der Waals surface area contributed by atoms with E-state index in [-0.39, 0.29) is 5.75 Å². The zero-order valence-corrected chi connectivity index (χ0v) is 12.9. The summed E-state index contributed by atoms with van der Waals surface area (Å²) in [6, 6.07) is 9.30. The molecule has 0 amide bonds. The molecule has 3 rings (SSSR count). The van der Waals surface area contributed by atoms with Crippen LogP contribution >= 0.6 is 0 Å². The molecule has 0 saturated heterocycles. The zero-order chi connectivity index (χ0) is 15.4. The number of nitrogens with zero attached hydrogens (tertiary/aromatic N) is 1. The van der Waals surface area contributed by atoms with Gasteiger partial charge in [-0.05, 0) is 49.5 Å². The van der Waals surface area contributed by atoms with Crippen LogP contribution < -0.4 is 0 Å². The first-order valence-corrected chi connectivity index (χ1v) is 7.95. The van der Waals surface area contributed by atoms with Gasteiger partial charge in [-0.15, -0.1) is 0 Å². The van der Waals surface area contributed by atoms with Crippen LogP contribution in [0.4, 0.5) is 0 Å². The number of allylic oxidation sites excluding steroid dienone is 4. The van der Waals surface area contributed by atoms with E-state index < -0.39 is 0 Å². The third kappa shape index (κ3) is 3.48. The molecular formula is C19H22N2O. The molecule has 3 heteroatoms. The van der Waals surface area contributed by atoms with Crippen molar-refractivity contribution in [1.29, 1.82) is 0 Å². The molecule has 1 aliphatic carbocycles. The monoisotopic (exact) mass is 294 g/mol. The first kappa shape index (κ1) is 14.6. The van der Waals surface area contributed by atoms with Crippen molar-refractivity contribution in [1.82, 2.24) is 10.2 Å². The van der Waals surface area contributed by atoms with Gasteiger partial charge in [-0.2, -0.15) is 5.10 Å². The molecule has 0 bridgehead atoms. The Balaban J connectivity index is 1.81. The summed E-state index contributed by atoms with van der Waals surface area (Å²) in [5.74, 6) is 1.21. The molecule has 1 aromatic carbocycles. The maximum atomic E-state index is 9.95. The predicted octanol–water partition coefficient (Wildman–Crippen LogP) is 4.93. The van der Waals surface area contributed by atoms with Crippen molar-refractivity contribution in [3.63, 3.8) is 0 Å². The lowest BCUT2D eigenvalue weighted by molar-refractivity contribution is 0.477. The minimum Gasteiger partial charge on any atom is -0.507 e. The smallest absolute Gasteiger partial charge is 0.124 e. The van der Waals surface area contributed by atoms with Gasteiger partial charge in [0.15, 0.2) is 0 Å². The SMILES string of the molecule is C/C=C\C(=C/CCC1CC1)c1cc(-c2ccccc2O)[nH]n1. The van der Waals surface area contributed by atoms with Crippen LogP contribution in [-0.2, 0) is 0 Å². The van der Waals surface area contributed by atoms with Crippen LogP contribution in [0.1, 0.15) is 38.3 Å². The molecule has 2 N–H and O–H groups in total. The van der Waals surface area contributed by atoms with E-state index in [1.54, 1.807) is 6.07 Å². The highest BCUT2D eigenvalue weighted by Gasteiger charge is 2.19. The van der Waals surface area contributed by atoms with E-state index in [2.05, 4.69) is 22.3 Å². The maximum Gasteiger partial charge on any atom is 0.124 e. The Bertz CT molecular complexity index is 693. The Hall–Kier alpha value is -2.29. The molecular weight excluding hydrogens is 272 g/mol. The summed E-state index contributed by atoms with van der Waals surface area (Å²) in [6.07, 6.45) is 11.6. The van der Waals surface area contributed by atoms with Crippen molar-refractivity contribution >= 4 is 5.57 Å². The molecule has 114 valence electrons. The Labute approximate surface area is 131 Å². The quantitative estimate of drug-likeness (QED) is 0.742. The molecule has 1 fully saturated rings. The number of hydrogen-bond acceptors (Lipinski definition) is 2. The van der Waals surface area contributed by atoms with Crippen LogP contribution in [-0.4, -0.2) is 15.3 Å². The third-order valence-electron chi connectivity index (χ3n) is 4.05. The molecule has 0 spiro atoms.